The molecule has 0 radical (unpaired) electrons. The van der Waals surface area contributed by atoms with Gasteiger partial charge in [0.15, 0.2) is 0 Å². The molecule has 1 aromatic carbocycles. The third-order valence-electron chi connectivity index (χ3n) is 6.04. The molecule has 2 aromatic rings. The Kier molecular flexibility index (Phi) is 9.00. The molecule has 0 aliphatic carbocycles. The molecule has 186 valence electrons. The summed E-state index contributed by atoms with van der Waals surface area (Å²) in [6, 6.07) is 6.95. The molecule has 0 fully saturated rings. The molecule has 0 unspecified atom stereocenters. The third kappa shape index (κ3) is 7.01. The molecule has 1 aliphatic rings. The van der Waals surface area contributed by atoms with Crippen molar-refractivity contribution in [3.8, 4) is 5.75 Å². The number of aromatic nitrogens is 3. The highest BCUT2D eigenvalue weighted by Gasteiger charge is 2.29. The second-order valence-corrected chi connectivity index (χ2v) is 9.04. The number of aliphatic hydroxyl groups is 1. The van der Waals surface area contributed by atoms with Gasteiger partial charge in [-0.3, -0.25) is 9.48 Å². The molecule has 1 aliphatic heterocycles. The number of aliphatic hydroxyl groups excluding tert-OH is 1. The normalized spacial score (nSPS) is 20.6. The fraction of sp³-hybridized carbons (Fsp3) is 0.583. The number of rotatable bonds is 5. The Bertz CT molecular complexity index is 947. The van der Waals surface area contributed by atoms with Gasteiger partial charge in [0.05, 0.1) is 38.1 Å². The van der Waals surface area contributed by atoms with Crippen LogP contribution >= 0.6 is 0 Å². The van der Waals surface area contributed by atoms with E-state index in [-0.39, 0.29) is 37.6 Å². The number of ether oxygens (including phenoxy) is 2. The van der Waals surface area contributed by atoms with Crippen LogP contribution in [0.2, 0.25) is 0 Å². The molecule has 3 atom stereocenters. The number of hydrogen-bond donors (Lipinski definition) is 1. The number of aryl methyl sites for hydroxylation is 2. The van der Waals surface area contributed by atoms with E-state index in [9.17, 15) is 14.7 Å². The van der Waals surface area contributed by atoms with Crippen molar-refractivity contribution in [1.29, 1.82) is 0 Å². The van der Waals surface area contributed by atoms with Gasteiger partial charge >= 0.3 is 6.09 Å². The summed E-state index contributed by atoms with van der Waals surface area (Å²) in [5.74, 6) is 0.318. The molecule has 0 saturated heterocycles. The minimum atomic E-state index is -0.495. The molecule has 3 rings (SSSR count). The topological polar surface area (TPSA) is 110 Å². The van der Waals surface area contributed by atoms with Gasteiger partial charge in [-0.05, 0) is 32.4 Å². The molecule has 10 heteroatoms. The average Bonchev–Trinajstić information content (AvgIpc) is 3.27. The van der Waals surface area contributed by atoms with Crippen LogP contribution in [-0.4, -0.2) is 80.8 Å². The van der Waals surface area contributed by atoms with Gasteiger partial charge in [0.25, 0.3) is 0 Å². The first-order valence-electron chi connectivity index (χ1n) is 11.7. The van der Waals surface area contributed by atoms with E-state index in [0.717, 1.165) is 5.56 Å². The van der Waals surface area contributed by atoms with Crippen LogP contribution in [0.15, 0.2) is 30.5 Å². The summed E-state index contributed by atoms with van der Waals surface area (Å²) in [4.78, 5) is 28.8. The van der Waals surface area contributed by atoms with Crippen molar-refractivity contribution in [3.63, 3.8) is 0 Å². The smallest absolute Gasteiger partial charge is 0.410 e. The SMILES string of the molecule is Cc1ccc(OC(=O)N(C)C[C@H]2OCc3cn(nn3)CCCC(=O)N([C@H](C)CO)C[C@H]2C)cc1. The van der Waals surface area contributed by atoms with Gasteiger partial charge in [-0.2, -0.15) is 0 Å². The second-order valence-electron chi connectivity index (χ2n) is 9.04. The summed E-state index contributed by atoms with van der Waals surface area (Å²) >= 11 is 0. The molecule has 0 spiro atoms. The van der Waals surface area contributed by atoms with Crippen LogP contribution in [-0.2, 0) is 22.7 Å². The number of likely N-dealkylation sites (N-methyl/N-ethyl adjacent to an activating group) is 1. The lowest BCUT2D eigenvalue weighted by Crippen LogP contribution is -2.48. The lowest BCUT2D eigenvalue weighted by atomic mass is 10.0. The molecular formula is C24H35N5O5. The van der Waals surface area contributed by atoms with Crippen LogP contribution in [0.25, 0.3) is 0 Å². The Morgan fingerprint density at radius 2 is 2.09 bits per heavy atom. The predicted molar refractivity (Wildman–Crippen MR) is 125 cm³/mol. The van der Waals surface area contributed by atoms with E-state index in [0.29, 0.717) is 37.4 Å². The fourth-order valence-electron chi connectivity index (χ4n) is 3.82. The molecule has 1 aromatic heterocycles. The number of benzene rings is 1. The van der Waals surface area contributed by atoms with E-state index >= 15 is 0 Å². The number of amides is 2. The Labute approximate surface area is 200 Å². The van der Waals surface area contributed by atoms with Crippen LogP contribution in [0.3, 0.4) is 0 Å². The van der Waals surface area contributed by atoms with E-state index in [2.05, 4.69) is 10.3 Å². The Morgan fingerprint density at radius 3 is 2.79 bits per heavy atom. The Balaban J connectivity index is 1.75. The summed E-state index contributed by atoms with van der Waals surface area (Å²) in [6.07, 6.45) is 1.89. The van der Waals surface area contributed by atoms with Gasteiger partial charge in [-0.15, -0.1) is 5.10 Å². The molecule has 2 amide bonds. The van der Waals surface area contributed by atoms with Gasteiger partial charge in [-0.1, -0.05) is 29.8 Å². The van der Waals surface area contributed by atoms with Gasteiger partial charge in [0, 0.05) is 32.5 Å². The zero-order valence-corrected chi connectivity index (χ0v) is 20.4. The van der Waals surface area contributed by atoms with Crippen LogP contribution < -0.4 is 4.74 Å². The lowest BCUT2D eigenvalue weighted by Gasteiger charge is -2.35. The van der Waals surface area contributed by atoms with Crippen LogP contribution in [0.1, 0.15) is 37.9 Å². The maximum atomic E-state index is 12.9. The number of fused-ring (bicyclic) bond motifs is 2. The van der Waals surface area contributed by atoms with Crippen molar-refractivity contribution in [3.05, 3.63) is 41.7 Å². The van der Waals surface area contributed by atoms with Gasteiger partial charge < -0.3 is 24.4 Å². The van der Waals surface area contributed by atoms with Crippen molar-refractivity contribution in [2.75, 3.05) is 26.7 Å². The highest BCUT2D eigenvalue weighted by atomic mass is 16.6. The first-order chi connectivity index (χ1) is 16.3. The molecule has 0 saturated carbocycles. The predicted octanol–water partition coefficient (Wildman–Crippen LogP) is 2.24. The third-order valence-corrected chi connectivity index (χ3v) is 6.04. The van der Waals surface area contributed by atoms with Gasteiger partial charge in [0.1, 0.15) is 11.4 Å². The minimum Gasteiger partial charge on any atom is -0.410 e. The largest absolute Gasteiger partial charge is 0.415 e. The van der Waals surface area contributed by atoms with E-state index in [1.807, 2.05) is 39.1 Å². The molecule has 1 N–H and O–H groups in total. The molecule has 34 heavy (non-hydrogen) atoms. The molecule has 2 bridgehead atoms. The summed E-state index contributed by atoms with van der Waals surface area (Å²) in [5.41, 5.74) is 1.76. The lowest BCUT2D eigenvalue weighted by molar-refractivity contribution is -0.136. The maximum absolute atomic E-state index is 12.9. The van der Waals surface area contributed by atoms with Crippen LogP contribution in [0.4, 0.5) is 4.79 Å². The fourth-order valence-corrected chi connectivity index (χ4v) is 3.82. The summed E-state index contributed by atoms with van der Waals surface area (Å²) in [5, 5.41) is 18.0. The number of carbonyl (C=O) groups is 2. The zero-order valence-electron chi connectivity index (χ0n) is 20.4. The molecule has 2 heterocycles. The summed E-state index contributed by atoms with van der Waals surface area (Å²) < 4.78 is 13.4. The van der Waals surface area contributed by atoms with Crippen molar-refractivity contribution >= 4 is 12.0 Å². The molecular weight excluding hydrogens is 438 g/mol. The Morgan fingerprint density at radius 1 is 1.35 bits per heavy atom. The van der Waals surface area contributed by atoms with E-state index in [1.165, 1.54) is 4.90 Å². The quantitative estimate of drug-likeness (QED) is 0.709. The summed E-state index contributed by atoms with van der Waals surface area (Å²) in [6.45, 7) is 7.11. The standard InChI is InChI=1S/C24H35N5O5/c1-17-7-9-21(10-8-17)34-24(32)27(4)14-22-18(2)12-29(19(3)15-30)23(31)6-5-11-28-13-20(16-33-22)25-26-28/h7-10,13,18-19,22,30H,5-6,11-12,14-16H2,1-4H3/t18-,19-,22-/m1/s1. The van der Waals surface area contributed by atoms with Crippen molar-refractivity contribution in [1.82, 2.24) is 24.8 Å². The summed E-state index contributed by atoms with van der Waals surface area (Å²) in [7, 11) is 1.66. The van der Waals surface area contributed by atoms with Crippen molar-refractivity contribution in [2.24, 2.45) is 5.92 Å². The van der Waals surface area contributed by atoms with Crippen LogP contribution in [0.5, 0.6) is 5.75 Å². The minimum absolute atomic E-state index is 0.0288. The van der Waals surface area contributed by atoms with Crippen molar-refractivity contribution in [2.45, 2.75) is 58.9 Å². The maximum Gasteiger partial charge on any atom is 0.415 e. The second kappa shape index (κ2) is 11.9. The average molecular weight is 474 g/mol. The van der Waals surface area contributed by atoms with E-state index in [4.69, 9.17) is 9.47 Å². The van der Waals surface area contributed by atoms with E-state index < -0.39 is 12.2 Å². The monoisotopic (exact) mass is 473 g/mol. The van der Waals surface area contributed by atoms with E-state index in [1.54, 1.807) is 28.8 Å². The number of carbonyl (C=O) groups excluding carboxylic acids is 2. The Hall–Kier alpha value is -2.98. The van der Waals surface area contributed by atoms with Crippen LogP contribution in [0, 0.1) is 12.8 Å². The first kappa shape index (κ1) is 25.6. The number of hydrogen-bond acceptors (Lipinski definition) is 7. The highest BCUT2D eigenvalue weighted by molar-refractivity contribution is 5.76. The van der Waals surface area contributed by atoms with Gasteiger partial charge in [-0.25, -0.2) is 4.79 Å². The number of nitrogens with zero attached hydrogens (tertiary/aromatic N) is 5. The first-order valence-corrected chi connectivity index (χ1v) is 11.7. The van der Waals surface area contributed by atoms with Gasteiger partial charge in [0.2, 0.25) is 5.91 Å². The molecule has 10 nitrogen and oxygen atoms in total. The van der Waals surface area contributed by atoms with Crippen molar-refractivity contribution < 1.29 is 24.2 Å². The highest BCUT2D eigenvalue weighted by Crippen LogP contribution is 2.18. The zero-order chi connectivity index (χ0) is 24.7.